The molecule has 0 saturated heterocycles. The molecule has 0 atom stereocenters. The van der Waals surface area contributed by atoms with E-state index in [1.54, 1.807) is 0 Å². The average Bonchev–Trinajstić information content (AvgIpc) is 2.26. The van der Waals surface area contributed by atoms with Gasteiger partial charge >= 0.3 is 6.09 Å². The van der Waals surface area contributed by atoms with E-state index >= 15 is 0 Å². The number of amides is 1. The second-order valence-electron chi connectivity index (χ2n) is 3.43. The van der Waals surface area contributed by atoms with E-state index in [0.29, 0.717) is 11.3 Å². The molecule has 0 fully saturated rings. The van der Waals surface area contributed by atoms with E-state index in [0.717, 1.165) is 0 Å². The first kappa shape index (κ1) is 13.3. The number of rotatable bonds is 4. The van der Waals surface area contributed by atoms with Crippen LogP contribution in [0.5, 0.6) is 0 Å². The van der Waals surface area contributed by atoms with E-state index in [1.165, 1.54) is 25.1 Å². The molecule has 0 saturated carbocycles. The number of hydrogen-bond acceptors (Lipinski definition) is 4. The molecule has 6 nitrogen and oxygen atoms in total. The molecule has 0 aliphatic heterocycles. The van der Waals surface area contributed by atoms with E-state index in [9.17, 15) is 13.2 Å². The molecular weight excluding hydrogens is 244 g/mol. The first-order chi connectivity index (χ1) is 7.86. The maximum absolute atomic E-state index is 11.8. The summed E-state index contributed by atoms with van der Waals surface area (Å²) in [5.41, 5.74) is 6.30. The standard InChI is InChI=1S/C10H14N2O4S/c1-2-17(15,16)9-4-3-8(11)5-7(9)6-12-10(13)14/h3-5,12H,2,6,11H2,1H3,(H,13,14). The van der Waals surface area contributed by atoms with Crippen molar-refractivity contribution in [3.8, 4) is 0 Å². The van der Waals surface area contributed by atoms with Crippen LogP contribution in [-0.4, -0.2) is 25.4 Å². The van der Waals surface area contributed by atoms with Crippen LogP contribution in [0.2, 0.25) is 0 Å². The van der Waals surface area contributed by atoms with Gasteiger partial charge < -0.3 is 16.2 Å². The minimum atomic E-state index is -3.38. The molecule has 0 aromatic heterocycles. The number of sulfone groups is 1. The van der Waals surface area contributed by atoms with E-state index in [4.69, 9.17) is 10.8 Å². The zero-order valence-corrected chi connectivity index (χ0v) is 10.1. The van der Waals surface area contributed by atoms with Crippen LogP contribution in [0, 0.1) is 0 Å². The summed E-state index contributed by atoms with van der Waals surface area (Å²) in [6, 6.07) is 4.33. The fourth-order valence-electron chi connectivity index (χ4n) is 1.37. The lowest BCUT2D eigenvalue weighted by Gasteiger charge is -2.10. The molecule has 0 heterocycles. The van der Waals surface area contributed by atoms with Gasteiger partial charge in [0, 0.05) is 12.2 Å². The lowest BCUT2D eigenvalue weighted by molar-refractivity contribution is 0.194. The molecule has 0 spiro atoms. The van der Waals surface area contributed by atoms with Crippen molar-refractivity contribution in [1.29, 1.82) is 0 Å². The molecule has 1 aromatic carbocycles. The van der Waals surface area contributed by atoms with Crippen molar-refractivity contribution in [3.63, 3.8) is 0 Å². The summed E-state index contributed by atoms with van der Waals surface area (Å²) in [5.74, 6) is -0.0447. The summed E-state index contributed by atoms with van der Waals surface area (Å²) < 4.78 is 23.5. The van der Waals surface area contributed by atoms with Crippen molar-refractivity contribution in [2.45, 2.75) is 18.4 Å². The second-order valence-corrected chi connectivity index (χ2v) is 5.68. The molecule has 4 N–H and O–H groups in total. The summed E-state index contributed by atoms with van der Waals surface area (Å²) in [6.07, 6.45) is -1.22. The molecule has 1 rings (SSSR count). The Morgan fingerprint density at radius 3 is 2.65 bits per heavy atom. The SMILES string of the molecule is CCS(=O)(=O)c1ccc(N)cc1CNC(=O)O. The zero-order chi connectivity index (χ0) is 13.1. The Kier molecular flexibility index (Phi) is 3.95. The van der Waals surface area contributed by atoms with Crippen LogP contribution in [0.3, 0.4) is 0 Å². The Balaban J connectivity index is 3.17. The topological polar surface area (TPSA) is 109 Å². The van der Waals surface area contributed by atoms with Gasteiger partial charge in [-0.15, -0.1) is 0 Å². The summed E-state index contributed by atoms with van der Waals surface area (Å²) in [6.45, 7) is 1.44. The average molecular weight is 258 g/mol. The first-order valence-electron chi connectivity index (χ1n) is 4.94. The van der Waals surface area contributed by atoms with Crippen LogP contribution >= 0.6 is 0 Å². The van der Waals surface area contributed by atoms with Gasteiger partial charge in [-0.05, 0) is 23.8 Å². The van der Waals surface area contributed by atoms with Crippen molar-refractivity contribution >= 4 is 21.6 Å². The van der Waals surface area contributed by atoms with Gasteiger partial charge in [0.2, 0.25) is 0 Å². The summed E-state index contributed by atoms with van der Waals surface area (Å²) in [5, 5.41) is 10.6. The number of nitrogens with two attached hydrogens (primary N) is 1. The number of benzene rings is 1. The van der Waals surface area contributed by atoms with Gasteiger partial charge in [-0.25, -0.2) is 13.2 Å². The number of hydrogen-bond donors (Lipinski definition) is 3. The molecule has 94 valence electrons. The number of carboxylic acid groups (broad SMARTS) is 1. The van der Waals surface area contributed by atoms with E-state index in [2.05, 4.69) is 5.32 Å². The van der Waals surface area contributed by atoms with Crippen molar-refractivity contribution in [2.24, 2.45) is 0 Å². The third-order valence-electron chi connectivity index (χ3n) is 2.23. The van der Waals surface area contributed by atoms with E-state index < -0.39 is 15.9 Å². The van der Waals surface area contributed by atoms with Crippen molar-refractivity contribution < 1.29 is 18.3 Å². The van der Waals surface area contributed by atoms with Crippen LogP contribution in [0.1, 0.15) is 12.5 Å². The Labute approximate surface area is 99.4 Å². The number of nitrogen functional groups attached to an aromatic ring is 1. The maximum Gasteiger partial charge on any atom is 0.404 e. The van der Waals surface area contributed by atoms with Crippen LogP contribution < -0.4 is 11.1 Å². The lowest BCUT2D eigenvalue weighted by Crippen LogP contribution is -2.21. The van der Waals surface area contributed by atoms with Crippen molar-refractivity contribution in [1.82, 2.24) is 5.32 Å². The second kappa shape index (κ2) is 5.05. The molecule has 0 bridgehead atoms. The summed E-state index contributed by atoms with van der Waals surface area (Å²) >= 11 is 0. The first-order valence-corrected chi connectivity index (χ1v) is 6.60. The Bertz CT molecular complexity index is 525. The quantitative estimate of drug-likeness (QED) is 0.693. The Morgan fingerprint density at radius 2 is 2.12 bits per heavy atom. The highest BCUT2D eigenvalue weighted by molar-refractivity contribution is 7.91. The third kappa shape index (κ3) is 3.35. The van der Waals surface area contributed by atoms with Crippen LogP contribution in [-0.2, 0) is 16.4 Å². The monoisotopic (exact) mass is 258 g/mol. The minimum Gasteiger partial charge on any atom is -0.465 e. The van der Waals surface area contributed by atoms with Crippen molar-refractivity contribution in [2.75, 3.05) is 11.5 Å². The van der Waals surface area contributed by atoms with Gasteiger partial charge in [0.05, 0.1) is 10.6 Å². The van der Waals surface area contributed by atoms with Gasteiger partial charge in [0.25, 0.3) is 0 Å². The smallest absolute Gasteiger partial charge is 0.404 e. The zero-order valence-electron chi connectivity index (χ0n) is 9.30. The van der Waals surface area contributed by atoms with Gasteiger partial charge in [-0.1, -0.05) is 6.92 Å². The minimum absolute atomic E-state index is 0.0447. The molecule has 0 aliphatic rings. The fourth-order valence-corrected chi connectivity index (χ4v) is 2.48. The normalized spacial score (nSPS) is 11.1. The number of anilines is 1. The lowest BCUT2D eigenvalue weighted by atomic mass is 10.2. The molecule has 0 radical (unpaired) electrons. The predicted octanol–water partition coefficient (Wildman–Crippen LogP) is 0.830. The van der Waals surface area contributed by atoms with Crippen molar-refractivity contribution in [3.05, 3.63) is 23.8 Å². The van der Waals surface area contributed by atoms with Crippen LogP contribution in [0.25, 0.3) is 0 Å². The van der Waals surface area contributed by atoms with Crippen LogP contribution in [0.4, 0.5) is 10.5 Å². The predicted molar refractivity (Wildman–Crippen MR) is 63.4 cm³/mol. The number of nitrogens with one attached hydrogen (secondary N) is 1. The molecule has 0 unspecified atom stereocenters. The highest BCUT2D eigenvalue weighted by atomic mass is 32.2. The molecule has 0 aliphatic carbocycles. The molecule has 7 heteroatoms. The highest BCUT2D eigenvalue weighted by Crippen LogP contribution is 2.20. The van der Waals surface area contributed by atoms with Crippen LogP contribution in [0.15, 0.2) is 23.1 Å². The summed E-state index contributed by atoms with van der Waals surface area (Å²) in [4.78, 5) is 10.5. The number of carbonyl (C=O) groups is 1. The Hall–Kier alpha value is -1.76. The van der Waals surface area contributed by atoms with E-state index in [1.807, 2.05) is 0 Å². The summed E-state index contributed by atoms with van der Waals surface area (Å²) in [7, 11) is -3.38. The Morgan fingerprint density at radius 1 is 1.47 bits per heavy atom. The van der Waals surface area contributed by atoms with Gasteiger partial charge in [0.1, 0.15) is 0 Å². The molecule has 1 aromatic rings. The van der Waals surface area contributed by atoms with Gasteiger partial charge in [-0.3, -0.25) is 0 Å². The molecular formula is C10H14N2O4S. The maximum atomic E-state index is 11.8. The highest BCUT2D eigenvalue weighted by Gasteiger charge is 2.16. The fraction of sp³-hybridized carbons (Fsp3) is 0.300. The molecule has 17 heavy (non-hydrogen) atoms. The third-order valence-corrected chi connectivity index (χ3v) is 4.06. The van der Waals surface area contributed by atoms with Gasteiger partial charge in [0.15, 0.2) is 9.84 Å². The largest absolute Gasteiger partial charge is 0.465 e. The van der Waals surface area contributed by atoms with E-state index in [-0.39, 0.29) is 17.2 Å². The van der Waals surface area contributed by atoms with Gasteiger partial charge in [-0.2, -0.15) is 0 Å². The molecule has 1 amide bonds.